The van der Waals surface area contributed by atoms with E-state index in [0.717, 1.165) is 5.75 Å². The van der Waals surface area contributed by atoms with Crippen LogP contribution in [0.2, 0.25) is 0 Å². The standard InChI is InChI=1S/C14H20O3S/c1-14(2,3)17-13(15)11-16-9-10-18-12-7-5-4-6-8-12/h4-8H,9-11H2,1-3H3. The van der Waals surface area contributed by atoms with Gasteiger partial charge in [-0.2, -0.15) is 0 Å². The lowest BCUT2D eigenvalue weighted by atomic mass is 10.2. The van der Waals surface area contributed by atoms with E-state index in [4.69, 9.17) is 9.47 Å². The Kier molecular flexibility index (Phi) is 6.22. The summed E-state index contributed by atoms with van der Waals surface area (Å²) in [6.07, 6.45) is 0. The quantitative estimate of drug-likeness (QED) is 0.451. The van der Waals surface area contributed by atoms with Gasteiger partial charge in [0.2, 0.25) is 0 Å². The molecule has 0 heterocycles. The van der Waals surface area contributed by atoms with Crippen LogP contribution in [0.5, 0.6) is 0 Å². The summed E-state index contributed by atoms with van der Waals surface area (Å²) in [5.74, 6) is 0.513. The molecule has 0 atom stereocenters. The highest BCUT2D eigenvalue weighted by molar-refractivity contribution is 7.99. The second kappa shape index (κ2) is 7.44. The van der Waals surface area contributed by atoms with Crippen molar-refractivity contribution in [3.8, 4) is 0 Å². The Morgan fingerprint density at radius 3 is 2.50 bits per heavy atom. The Bertz CT molecular complexity index is 357. The van der Waals surface area contributed by atoms with Crippen molar-refractivity contribution in [2.45, 2.75) is 31.3 Å². The fourth-order valence-electron chi connectivity index (χ4n) is 1.26. The molecule has 0 amide bonds. The minimum absolute atomic E-state index is 0.0205. The van der Waals surface area contributed by atoms with Crippen molar-refractivity contribution in [2.75, 3.05) is 19.0 Å². The van der Waals surface area contributed by atoms with Crippen LogP contribution in [0, 0.1) is 0 Å². The highest BCUT2D eigenvalue weighted by Crippen LogP contribution is 2.16. The maximum absolute atomic E-state index is 11.3. The number of hydrogen-bond acceptors (Lipinski definition) is 4. The van der Waals surface area contributed by atoms with Gasteiger partial charge in [0.25, 0.3) is 0 Å². The minimum atomic E-state index is -0.445. The normalized spacial score (nSPS) is 11.3. The van der Waals surface area contributed by atoms with E-state index in [0.29, 0.717) is 6.61 Å². The lowest BCUT2D eigenvalue weighted by Crippen LogP contribution is -2.26. The predicted octanol–water partition coefficient (Wildman–Crippen LogP) is 3.14. The van der Waals surface area contributed by atoms with Crippen LogP contribution in [0.25, 0.3) is 0 Å². The number of carbonyl (C=O) groups excluding carboxylic acids is 1. The van der Waals surface area contributed by atoms with E-state index in [1.165, 1.54) is 4.90 Å². The molecule has 0 aromatic heterocycles. The van der Waals surface area contributed by atoms with E-state index >= 15 is 0 Å². The molecule has 1 rings (SSSR count). The highest BCUT2D eigenvalue weighted by atomic mass is 32.2. The monoisotopic (exact) mass is 268 g/mol. The zero-order valence-corrected chi connectivity index (χ0v) is 12.0. The van der Waals surface area contributed by atoms with E-state index in [1.807, 2.05) is 39.0 Å². The molecule has 3 nitrogen and oxygen atoms in total. The van der Waals surface area contributed by atoms with Crippen LogP contribution >= 0.6 is 11.8 Å². The van der Waals surface area contributed by atoms with Crippen LogP contribution < -0.4 is 0 Å². The van der Waals surface area contributed by atoms with Crippen molar-refractivity contribution in [2.24, 2.45) is 0 Å². The van der Waals surface area contributed by atoms with E-state index in [1.54, 1.807) is 11.8 Å². The van der Waals surface area contributed by atoms with Gasteiger partial charge in [-0.15, -0.1) is 11.8 Å². The molecule has 0 aliphatic rings. The van der Waals surface area contributed by atoms with Crippen molar-refractivity contribution in [3.63, 3.8) is 0 Å². The third kappa shape index (κ3) is 7.35. The first-order valence-corrected chi connectivity index (χ1v) is 6.93. The van der Waals surface area contributed by atoms with Crippen LogP contribution in [0.3, 0.4) is 0 Å². The summed E-state index contributed by atoms with van der Waals surface area (Å²) in [6.45, 7) is 6.09. The molecule has 1 aromatic carbocycles. The summed E-state index contributed by atoms with van der Waals surface area (Å²) in [6, 6.07) is 10.1. The van der Waals surface area contributed by atoms with Gasteiger partial charge in [0.15, 0.2) is 0 Å². The fraction of sp³-hybridized carbons (Fsp3) is 0.500. The third-order valence-corrected chi connectivity index (χ3v) is 2.86. The molecule has 18 heavy (non-hydrogen) atoms. The molecule has 0 unspecified atom stereocenters. The number of carbonyl (C=O) groups is 1. The zero-order valence-electron chi connectivity index (χ0n) is 11.1. The molecule has 0 bridgehead atoms. The molecule has 0 fully saturated rings. The lowest BCUT2D eigenvalue weighted by molar-refractivity contribution is -0.159. The van der Waals surface area contributed by atoms with Gasteiger partial charge in [-0.25, -0.2) is 4.79 Å². The summed E-state index contributed by atoms with van der Waals surface area (Å²) in [4.78, 5) is 12.5. The number of rotatable bonds is 6. The largest absolute Gasteiger partial charge is 0.458 e. The van der Waals surface area contributed by atoms with Crippen LogP contribution in [0.4, 0.5) is 0 Å². The maximum Gasteiger partial charge on any atom is 0.332 e. The maximum atomic E-state index is 11.3. The molecule has 0 spiro atoms. The van der Waals surface area contributed by atoms with E-state index < -0.39 is 5.60 Å². The summed E-state index contributed by atoms with van der Waals surface area (Å²) in [5, 5.41) is 0. The first-order valence-electron chi connectivity index (χ1n) is 5.95. The first-order chi connectivity index (χ1) is 8.47. The van der Waals surface area contributed by atoms with Crippen LogP contribution in [0.15, 0.2) is 35.2 Å². The van der Waals surface area contributed by atoms with Crippen LogP contribution in [-0.4, -0.2) is 30.5 Å². The van der Waals surface area contributed by atoms with E-state index in [9.17, 15) is 4.79 Å². The Morgan fingerprint density at radius 2 is 1.89 bits per heavy atom. The van der Waals surface area contributed by atoms with Crippen LogP contribution in [-0.2, 0) is 14.3 Å². The van der Waals surface area contributed by atoms with E-state index in [2.05, 4.69) is 12.1 Å². The molecule has 0 saturated carbocycles. The van der Waals surface area contributed by atoms with Gasteiger partial charge < -0.3 is 9.47 Å². The smallest absolute Gasteiger partial charge is 0.332 e. The molecular weight excluding hydrogens is 248 g/mol. The second-order valence-electron chi connectivity index (χ2n) is 4.80. The molecule has 100 valence electrons. The molecule has 1 aromatic rings. The van der Waals surface area contributed by atoms with E-state index in [-0.39, 0.29) is 12.6 Å². The SMILES string of the molecule is CC(C)(C)OC(=O)COCCSc1ccccc1. The summed E-state index contributed by atoms with van der Waals surface area (Å²) in [7, 11) is 0. The third-order valence-electron chi connectivity index (χ3n) is 1.88. The van der Waals surface area contributed by atoms with Crippen molar-refractivity contribution in [1.29, 1.82) is 0 Å². The van der Waals surface area contributed by atoms with Crippen molar-refractivity contribution < 1.29 is 14.3 Å². The van der Waals surface area contributed by atoms with Gasteiger partial charge in [-0.05, 0) is 32.9 Å². The predicted molar refractivity (Wildman–Crippen MR) is 73.8 cm³/mol. The van der Waals surface area contributed by atoms with Crippen molar-refractivity contribution >= 4 is 17.7 Å². The summed E-state index contributed by atoms with van der Waals surface area (Å²) >= 11 is 1.71. The number of thioether (sulfide) groups is 1. The lowest BCUT2D eigenvalue weighted by Gasteiger charge is -2.19. The molecule has 0 saturated heterocycles. The minimum Gasteiger partial charge on any atom is -0.458 e. The molecule has 4 heteroatoms. The second-order valence-corrected chi connectivity index (χ2v) is 5.97. The topological polar surface area (TPSA) is 35.5 Å². The van der Waals surface area contributed by atoms with Gasteiger partial charge in [0.05, 0.1) is 6.61 Å². The summed E-state index contributed by atoms with van der Waals surface area (Å²) in [5.41, 5.74) is -0.445. The van der Waals surface area contributed by atoms with Crippen molar-refractivity contribution in [3.05, 3.63) is 30.3 Å². The van der Waals surface area contributed by atoms with Crippen LogP contribution in [0.1, 0.15) is 20.8 Å². The number of benzene rings is 1. The first kappa shape index (κ1) is 15.1. The van der Waals surface area contributed by atoms with Gasteiger partial charge in [-0.1, -0.05) is 18.2 Å². The Hall–Kier alpha value is -1.00. The number of esters is 1. The van der Waals surface area contributed by atoms with Gasteiger partial charge in [0.1, 0.15) is 12.2 Å². The Morgan fingerprint density at radius 1 is 1.22 bits per heavy atom. The van der Waals surface area contributed by atoms with Gasteiger partial charge in [0, 0.05) is 10.6 Å². The molecular formula is C14H20O3S. The van der Waals surface area contributed by atoms with Gasteiger partial charge in [-0.3, -0.25) is 0 Å². The Labute approximate surface area is 113 Å². The Balaban J connectivity index is 2.07. The fourth-order valence-corrected chi connectivity index (χ4v) is 2.05. The summed E-state index contributed by atoms with van der Waals surface area (Å²) < 4.78 is 10.4. The number of ether oxygens (including phenoxy) is 2. The average Bonchev–Trinajstić information content (AvgIpc) is 2.27. The zero-order chi connectivity index (χ0) is 13.4. The molecule has 0 N–H and O–H groups in total. The van der Waals surface area contributed by atoms with Crippen molar-refractivity contribution in [1.82, 2.24) is 0 Å². The highest BCUT2D eigenvalue weighted by Gasteiger charge is 2.15. The average molecular weight is 268 g/mol. The van der Waals surface area contributed by atoms with Gasteiger partial charge >= 0.3 is 5.97 Å². The molecule has 0 aliphatic heterocycles. The molecule has 0 aliphatic carbocycles. The number of hydrogen-bond donors (Lipinski definition) is 0. The molecule has 0 radical (unpaired) electrons.